The van der Waals surface area contributed by atoms with E-state index in [1.54, 1.807) is 11.3 Å². The third-order valence-corrected chi connectivity index (χ3v) is 6.35. The van der Waals surface area contributed by atoms with E-state index in [0.717, 1.165) is 48.6 Å². The van der Waals surface area contributed by atoms with Crippen molar-refractivity contribution in [2.75, 3.05) is 32.5 Å². The Morgan fingerprint density at radius 2 is 2.28 bits per heavy atom. The van der Waals surface area contributed by atoms with Crippen molar-refractivity contribution in [2.45, 2.75) is 50.5 Å². The number of thioether (sulfide) groups is 1. The predicted octanol–water partition coefficient (Wildman–Crippen LogP) is 3.63. The van der Waals surface area contributed by atoms with Crippen LogP contribution < -0.4 is 10.6 Å². The zero-order chi connectivity index (χ0) is 18.1. The van der Waals surface area contributed by atoms with E-state index in [-0.39, 0.29) is 5.41 Å². The van der Waals surface area contributed by atoms with Gasteiger partial charge in [0.15, 0.2) is 5.96 Å². The summed E-state index contributed by atoms with van der Waals surface area (Å²) in [5.41, 5.74) is 0.177. The normalized spacial score (nSPS) is 22.0. The van der Waals surface area contributed by atoms with Crippen molar-refractivity contribution in [3.63, 3.8) is 0 Å². The smallest absolute Gasteiger partial charge is 0.190 e. The molecule has 5 nitrogen and oxygen atoms in total. The van der Waals surface area contributed by atoms with Crippen LogP contribution in [0.2, 0.25) is 0 Å². The fourth-order valence-electron chi connectivity index (χ4n) is 3.18. The van der Waals surface area contributed by atoms with Crippen LogP contribution in [0.25, 0.3) is 0 Å². The fourth-order valence-corrected chi connectivity index (χ4v) is 4.83. The second-order valence-electron chi connectivity index (χ2n) is 7.44. The number of rotatable bonds is 7. The zero-order valence-corrected chi connectivity index (χ0v) is 17.5. The van der Waals surface area contributed by atoms with E-state index in [4.69, 9.17) is 4.74 Å². The first-order chi connectivity index (χ1) is 12.0. The fraction of sp³-hybridized carbons (Fsp3) is 0.778. The molecular weight excluding hydrogens is 352 g/mol. The quantitative estimate of drug-likeness (QED) is 0.325. The third kappa shape index (κ3) is 7.15. The molecule has 1 aliphatic heterocycles. The zero-order valence-electron chi connectivity index (χ0n) is 15.9. The van der Waals surface area contributed by atoms with E-state index in [1.165, 1.54) is 6.42 Å². The molecule has 0 aromatic carbocycles. The first-order valence-corrected chi connectivity index (χ1v) is 11.0. The van der Waals surface area contributed by atoms with Gasteiger partial charge in [0.2, 0.25) is 0 Å². The average molecular weight is 385 g/mol. The van der Waals surface area contributed by atoms with Crippen LogP contribution >= 0.6 is 23.1 Å². The highest BCUT2D eigenvalue weighted by molar-refractivity contribution is 8.00. The summed E-state index contributed by atoms with van der Waals surface area (Å²) >= 11 is 3.52. The lowest BCUT2D eigenvalue weighted by Crippen LogP contribution is -2.47. The second-order valence-corrected chi connectivity index (χ2v) is 9.68. The van der Waals surface area contributed by atoms with Crippen molar-refractivity contribution in [1.82, 2.24) is 15.6 Å². The lowest BCUT2D eigenvalue weighted by atomic mass is 9.78. The number of aliphatic imine (C=N–C) groups is 1. The van der Waals surface area contributed by atoms with Gasteiger partial charge in [-0.15, -0.1) is 11.3 Å². The van der Waals surface area contributed by atoms with E-state index in [2.05, 4.69) is 41.4 Å². The molecular formula is C18H32N4OS2. The molecule has 0 bridgehead atoms. The summed E-state index contributed by atoms with van der Waals surface area (Å²) in [6, 6.07) is 0. The summed E-state index contributed by atoms with van der Waals surface area (Å²) in [7, 11) is 1.83. The Labute approximate surface area is 160 Å². The molecule has 7 heteroatoms. The molecule has 0 spiro atoms. The van der Waals surface area contributed by atoms with Gasteiger partial charge < -0.3 is 15.4 Å². The van der Waals surface area contributed by atoms with Gasteiger partial charge in [0.25, 0.3) is 0 Å². The van der Waals surface area contributed by atoms with Crippen molar-refractivity contribution >= 4 is 29.1 Å². The molecule has 1 aliphatic rings. The first kappa shape index (κ1) is 20.5. The van der Waals surface area contributed by atoms with Crippen molar-refractivity contribution in [3.05, 3.63) is 11.6 Å². The van der Waals surface area contributed by atoms with Crippen LogP contribution in [0.15, 0.2) is 20.9 Å². The van der Waals surface area contributed by atoms with Gasteiger partial charge in [-0.05, 0) is 24.7 Å². The average Bonchev–Trinajstić information content (AvgIpc) is 3.10. The number of nitrogens with one attached hydrogen (secondary N) is 2. The number of hydrogen-bond acceptors (Lipinski definition) is 5. The van der Waals surface area contributed by atoms with Crippen LogP contribution in [0.3, 0.4) is 0 Å². The maximum Gasteiger partial charge on any atom is 0.190 e. The summed E-state index contributed by atoms with van der Waals surface area (Å²) < 4.78 is 7.21. The van der Waals surface area contributed by atoms with Crippen molar-refractivity contribution < 1.29 is 4.74 Å². The molecule has 1 saturated heterocycles. The Bertz CT molecular complexity index is 514. The molecule has 2 unspecified atom stereocenters. The summed E-state index contributed by atoms with van der Waals surface area (Å²) in [4.78, 5) is 8.63. The monoisotopic (exact) mass is 384 g/mol. The molecule has 0 amide bonds. The van der Waals surface area contributed by atoms with Gasteiger partial charge in [0.05, 0.1) is 6.10 Å². The van der Waals surface area contributed by atoms with Crippen LogP contribution in [0.5, 0.6) is 0 Å². The van der Waals surface area contributed by atoms with Crippen LogP contribution in [-0.2, 0) is 4.74 Å². The van der Waals surface area contributed by atoms with Gasteiger partial charge in [0.1, 0.15) is 4.34 Å². The molecule has 25 heavy (non-hydrogen) atoms. The largest absolute Gasteiger partial charge is 0.377 e. The lowest BCUT2D eigenvalue weighted by molar-refractivity contribution is -0.0835. The van der Waals surface area contributed by atoms with Crippen molar-refractivity contribution in [3.8, 4) is 0 Å². The van der Waals surface area contributed by atoms with Crippen molar-refractivity contribution in [2.24, 2.45) is 16.3 Å². The Balaban J connectivity index is 1.67. The molecule has 1 aromatic heterocycles. The molecule has 2 heterocycles. The minimum absolute atomic E-state index is 0.177. The van der Waals surface area contributed by atoms with E-state index in [9.17, 15) is 0 Å². The SMILES string of the molecule is CN=C(NCCCSc1nccs1)NCC1CCCOC1C(C)(C)C. The minimum atomic E-state index is 0.177. The summed E-state index contributed by atoms with van der Waals surface area (Å²) in [5, 5.41) is 8.92. The maximum absolute atomic E-state index is 6.06. The second kappa shape index (κ2) is 10.4. The lowest BCUT2D eigenvalue weighted by Gasteiger charge is -2.40. The topological polar surface area (TPSA) is 58.5 Å². The van der Waals surface area contributed by atoms with Gasteiger partial charge in [-0.3, -0.25) is 4.99 Å². The minimum Gasteiger partial charge on any atom is -0.377 e. The molecule has 0 aliphatic carbocycles. The maximum atomic E-state index is 6.06. The number of thiazole rings is 1. The Morgan fingerprint density at radius 1 is 1.44 bits per heavy atom. The summed E-state index contributed by atoms with van der Waals surface area (Å²) in [6.45, 7) is 9.52. The van der Waals surface area contributed by atoms with Gasteiger partial charge >= 0.3 is 0 Å². The van der Waals surface area contributed by atoms with E-state index >= 15 is 0 Å². The van der Waals surface area contributed by atoms with E-state index < -0.39 is 0 Å². The van der Waals surface area contributed by atoms with E-state index in [1.807, 2.05) is 30.4 Å². The standard InChI is InChI=1S/C18H32N4OS2/c1-18(2,3)15-14(7-5-10-23-15)13-22-16(19-4)20-8-6-11-24-17-21-9-12-25-17/h9,12,14-15H,5-8,10-11,13H2,1-4H3,(H2,19,20,22). The number of nitrogens with zero attached hydrogens (tertiary/aromatic N) is 2. The number of hydrogen-bond donors (Lipinski definition) is 2. The van der Waals surface area contributed by atoms with Gasteiger partial charge in [-0.25, -0.2) is 4.98 Å². The highest BCUT2D eigenvalue weighted by atomic mass is 32.2. The Kier molecular flexibility index (Phi) is 8.52. The van der Waals surface area contributed by atoms with Crippen LogP contribution in [0.4, 0.5) is 0 Å². The molecule has 0 radical (unpaired) electrons. The summed E-state index contributed by atoms with van der Waals surface area (Å²) in [5.74, 6) is 2.49. The van der Waals surface area contributed by atoms with Gasteiger partial charge in [-0.2, -0.15) is 0 Å². The van der Waals surface area contributed by atoms with Crippen molar-refractivity contribution in [1.29, 1.82) is 0 Å². The third-order valence-electron chi connectivity index (χ3n) is 4.30. The first-order valence-electron chi connectivity index (χ1n) is 9.09. The highest BCUT2D eigenvalue weighted by Crippen LogP contribution is 2.33. The number of guanidine groups is 1. The number of ether oxygens (including phenoxy) is 1. The van der Waals surface area contributed by atoms with Crippen LogP contribution in [0, 0.1) is 11.3 Å². The van der Waals surface area contributed by atoms with Crippen LogP contribution in [-0.4, -0.2) is 49.5 Å². The molecule has 0 saturated carbocycles. The molecule has 2 N–H and O–H groups in total. The van der Waals surface area contributed by atoms with Crippen LogP contribution in [0.1, 0.15) is 40.0 Å². The Hall–Kier alpha value is -0.790. The molecule has 2 atom stereocenters. The molecule has 1 aromatic rings. The number of aromatic nitrogens is 1. The summed E-state index contributed by atoms with van der Waals surface area (Å²) in [6.07, 6.45) is 5.62. The predicted molar refractivity (Wildman–Crippen MR) is 109 cm³/mol. The molecule has 142 valence electrons. The van der Waals surface area contributed by atoms with E-state index in [0.29, 0.717) is 12.0 Å². The molecule has 1 fully saturated rings. The highest BCUT2D eigenvalue weighted by Gasteiger charge is 2.35. The molecule has 2 rings (SSSR count). The Morgan fingerprint density at radius 3 is 2.96 bits per heavy atom. The van der Waals surface area contributed by atoms with Gasteiger partial charge in [-0.1, -0.05) is 32.5 Å². The van der Waals surface area contributed by atoms with Gasteiger partial charge in [0, 0.05) is 50.0 Å².